The summed E-state index contributed by atoms with van der Waals surface area (Å²) < 4.78 is 23.2. The zero-order valence-corrected chi connectivity index (χ0v) is 11.3. The average molecular weight is 287 g/mol. The maximum absolute atomic E-state index is 11.6. The molecule has 7 nitrogen and oxygen atoms in total. The van der Waals surface area contributed by atoms with Crippen LogP contribution in [-0.2, 0) is 15.0 Å². The Morgan fingerprint density at radius 3 is 2.12 bits per heavy atom. The van der Waals surface area contributed by atoms with E-state index in [1.807, 2.05) is 0 Å². The van der Waals surface area contributed by atoms with Crippen molar-refractivity contribution in [2.24, 2.45) is 10.9 Å². The minimum Gasteiger partial charge on any atom is -0.340 e. The predicted molar refractivity (Wildman–Crippen MR) is 66.8 cm³/mol. The molecule has 0 aromatic carbocycles. The van der Waals surface area contributed by atoms with E-state index in [9.17, 15) is 13.2 Å². The molecule has 1 atom stereocenters. The van der Waals surface area contributed by atoms with Crippen molar-refractivity contribution in [1.29, 1.82) is 0 Å². The quantitative estimate of drug-likeness (QED) is 0.657. The molecule has 0 spiro atoms. The molecule has 1 heterocycles. The summed E-state index contributed by atoms with van der Waals surface area (Å²) in [7, 11) is -3.63. The lowest BCUT2D eigenvalue weighted by atomic mass is 10.2. The van der Waals surface area contributed by atoms with E-state index in [1.165, 1.54) is 4.31 Å². The minimum absolute atomic E-state index is 0. The van der Waals surface area contributed by atoms with E-state index in [2.05, 4.69) is 0 Å². The van der Waals surface area contributed by atoms with Crippen molar-refractivity contribution < 1.29 is 13.2 Å². The lowest BCUT2D eigenvalue weighted by Crippen LogP contribution is -2.52. The third-order valence-corrected chi connectivity index (χ3v) is 3.53. The van der Waals surface area contributed by atoms with Crippen LogP contribution in [0.3, 0.4) is 0 Å². The molecular weight excluding hydrogens is 268 g/mol. The van der Waals surface area contributed by atoms with Crippen LogP contribution in [0, 0.1) is 0 Å². The van der Waals surface area contributed by atoms with Crippen LogP contribution in [0.5, 0.6) is 0 Å². The number of hydrogen-bond donors (Lipinski definition) is 2. The molecule has 4 N–H and O–H groups in total. The Morgan fingerprint density at radius 1 is 1.29 bits per heavy atom. The highest BCUT2D eigenvalue weighted by atomic mass is 35.5. The van der Waals surface area contributed by atoms with E-state index in [4.69, 9.17) is 10.9 Å². The summed E-state index contributed by atoms with van der Waals surface area (Å²) in [4.78, 5) is 13.2. The molecule has 1 saturated heterocycles. The molecule has 1 fully saturated rings. The van der Waals surface area contributed by atoms with Gasteiger partial charge in [0.15, 0.2) is 0 Å². The molecule has 0 radical (unpaired) electrons. The molecule has 1 rings (SSSR count). The average Bonchev–Trinajstić information content (AvgIpc) is 2.15. The van der Waals surface area contributed by atoms with E-state index in [0.29, 0.717) is 13.1 Å². The fourth-order valence-electron chi connectivity index (χ4n) is 1.60. The van der Waals surface area contributed by atoms with Crippen molar-refractivity contribution in [3.63, 3.8) is 0 Å². The van der Waals surface area contributed by atoms with Crippen LogP contribution >= 0.6 is 12.4 Å². The lowest BCUT2D eigenvalue weighted by Gasteiger charge is -2.33. The Kier molecular flexibility index (Phi) is 6.35. The molecule has 17 heavy (non-hydrogen) atoms. The smallest absolute Gasteiger partial charge is 0.277 e. The van der Waals surface area contributed by atoms with Crippen LogP contribution in [-0.4, -0.2) is 55.8 Å². The molecule has 1 aliphatic heterocycles. The first-order valence-electron chi connectivity index (χ1n) is 5.12. The monoisotopic (exact) mass is 286 g/mol. The fraction of sp³-hybridized carbons (Fsp3) is 0.875. The largest absolute Gasteiger partial charge is 0.340 e. The second-order valence-electron chi connectivity index (χ2n) is 4.01. The zero-order valence-electron chi connectivity index (χ0n) is 9.70. The van der Waals surface area contributed by atoms with Gasteiger partial charge >= 0.3 is 0 Å². The Balaban J connectivity index is 0.00000256. The number of piperazine rings is 1. The maximum atomic E-state index is 11.6. The Labute approximate surface area is 108 Å². The first kappa shape index (κ1) is 16.6. The van der Waals surface area contributed by atoms with Crippen molar-refractivity contribution in [2.45, 2.75) is 19.4 Å². The van der Waals surface area contributed by atoms with Crippen LogP contribution in [0.1, 0.15) is 13.3 Å². The van der Waals surface area contributed by atoms with Gasteiger partial charge in [0.2, 0.25) is 5.91 Å². The van der Waals surface area contributed by atoms with Gasteiger partial charge in [0, 0.05) is 38.6 Å². The molecule has 1 amide bonds. The van der Waals surface area contributed by atoms with Crippen LogP contribution in [0.15, 0.2) is 0 Å². The zero-order chi connectivity index (χ0) is 12.3. The summed E-state index contributed by atoms with van der Waals surface area (Å²) in [6.07, 6.45) is 0.287. The van der Waals surface area contributed by atoms with Crippen molar-refractivity contribution in [2.75, 3.05) is 26.2 Å². The number of amides is 1. The Morgan fingerprint density at radius 2 is 1.76 bits per heavy atom. The molecule has 0 aromatic heterocycles. The van der Waals surface area contributed by atoms with Gasteiger partial charge in [-0.05, 0) is 6.92 Å². The Hall–Kier alpha value is -0.410. The number of rotatable bonds is 3. The van der Waals surface area contributed by atoms with Gasteiger partial charge in [-0.1, -0.05) is 0 Å². The summed E-state index contributed by atoms with van der Waals surface area (Å²) in [5, 5.41) is 4.99. The van der Waals surface area contributed by atoms with E-state index in [-0.39, 0.29) is 43.9 Å². The van der Waals surface area contributed by atoms with Gasteiger partial charge < -0.3 is 10.6 Å². The molecule has 0 aromatic rings. The number of carbonyl (C=O) groups is 1. The molecule has 1 unspecified atom stereocenters. The van der Waals surface area contributed by atoms with Crippen molar-refractivity contribution in [3.8, 4) is 0 Å². The number of halogens is 1. The second-order valence-corrected chi connectivity index (χ2v) is 5.55. The summed E-state index contributed by atoms with van der Waals surface area (Å²) in [5.74, 6) is -0.0379. The van der Waals surface area contributed by atoms with Crippen molar-refractivity contribution >= 4 is 28.5 Å². The number of nitrogens with zero attached hydrogens (tertiary/aromatic N) is 2. The fourth-order valence-corrected chi connectivity index (χ4v) is 2.27. The van der Waals surface area contributed by atoms with Gasteiger partial charge in [-0.2, -0.15) is 12.7 Å². The van der Waals surface area contributed by atoms with Gasteiger partial charge in [0.25, 0.3) is 10.2 Å². The first-order chi connectivity index (χ1) is 7.30. The number of nitrogens with two attached hydrogens (primary N) is 2. The molecule has 102 valence electrons. The predicted octanol–water partition coefficient (Wildman–Crippen LogP) is -1.51. The van der Waals surface area contributed by atoms with E-state index < -0.39 is 10.2 Å². The van der Waals surface area contributed by atoms with Gasteiger partial charge in [0.1, 0.15) is 0 Å². The van der Waals surface area contributed by atoms with Gasteiger partial charge in [0.05, 0.1) is 0 Å². The minimum atomic E-state index is -3.63. The third kappa shape index (κ3) is 5.17. The molecule has 0 aliphatic carbocycles. The molecule has 0 bridgehead atoms. The van der Waals surface area contributed by atoms with Crippen molar-refractivity contribution in [1.82, 2.24) is 9.21 Å². The van der Waals surface area contributed by atoms with Crippen LogP contribution in [0.4, 0.5) is 0 Å². The second kappa shape index (κ2) is 6.50. The SMILES string of the molecule is CC(N)CC(=O)N1CCN(S(N)(=O)=O)CC1.Cl. The summed E-state index contributed by atoms with van der Waals surface area (Å²) in [6.45, 7) is 3.02. The van der Waals surface area contributed by atoms with Gasteiger partial charge in [-0.3, -0.25) is 4.79 Å². The highest BCUT2D eigenvalue weighted by Crippen LogP contribution is 2.06. The van der Waals surface area contributed by atoms with E-state index in [0.717, 1.165) is 0 Å². The normalized spacial score (nSPS) is 19.6. The van der Waals surface area contributed by atoms with E-state index in [1.54, 1.807) is 11.8 Å². The molecule has 9 heteroatoms. The van der Waals surface area contributed by atoms with Crippen LogP contribution in [0.2, 0.25) is 0 Å². The molecule has 1 aliphatic rings. The van der Waals surface area contributed by atoms with Crippen molar-refractivity contribution in [3.05, 3.63) is 0 Å². The van der Waals surface area contributed by atoms with Gasteiger partial charge in [-0.25, -0.2) is 5.14 Å². The lowest BCUT2D eigenvalue weighted by molar-refractivity contribution is -0.132. The number of carbonyl (C=O) groups excluding carboxylic acids is 1. The third-order valence-electron chi connectivity index (χ3n) is 2.45. The topological polar surface area (TPSA) is 110 Å². The van der Waals surface area contributed by atoms with Crippen LogP contribution < -0.4 is 10.9 Å². The summed E-state index contributed by atoms with van der Waals surface area (Å²) >= 11 is 0. The summed E-state index contributed by atoms with van der Waals surface area (Å²) in [6, 6.07) is -0.177. The van der Waals surface area contributed by atoms with E-state index >= 15 is 0 Å². The molecule has 0 saturated carbocycles. The molecular formula is C8H19ClN4O3S. The maximum Gasteiger partial charge on any atom is 0.277 e. The standard InChI is InChI=1S/C8H18N4O3S.ClH/c1-7(9)6-8(13)11-2-4-12(5-3-11)16(10,14)15;/h7H,2-6,9H2,1H3,(H2,10,14,15);1H. The highest BCUT2D eigenvalue weighted by Gasteiger charge is 2.26. The highest BCUT2D eigenvalue weighted by molar-refractivity contribution is 7.86. The Bertz CT molecular complexity index is 352. The van der Waals surface area contributed by atoms with Crippen LogP contribution in [0.25, 0.3) is 0 Å². The number of hydrogen-bond acceptors (Lipinski definition) is 4. The summed E-state index contributed by atoms with van der Waals surface area (Å²) in [5.41, 5.74) is 5.52. The first-order valence-corrected chi connectivity index (χ1v) is 6.62. The van der Waals surface area contributed by atoms with Gasteiger partial charge in [-0.15, -0.1) is 12.4 Å².